The molecule has 1 rings (SSSR count). The molecule has 0 spiro atoms. The van der Waals surface area contributed by atoms with Crippen molar-refractivity contribution < 1.29 is 4.79 Å². The van der Waals surface area contributed by atoms with Crippen LogP contribution >= 0.6 is 0 Å². The number of rotatable bonds is 4. The van der Waals surface area contributed by atoms with Crippen LogP contribution < -0.4 is 5.32 Å². The minimum atomic E-state index is 0.0340. The van der Waals surface area contributed by atoms with Gasteiger partial charge in [0.05, 0.1) is 18.2 Å². The average Bonchev–Trinajstić information content (AvgIpc) is 2.36. The summed E-state index contributed by atoms with van der Waals surface area (Å²) in [5.41, 5.74) is 2.45. The Morgan fingerprint density at radius 2 is 2.17 bits per heavy atom. The van der Waals surface area contributed by atoms with E-state index in [2.05, 4.69) is 11.4 Å². The lowest BCUT2D eigenvalue weighted by molar-refractivity contribution is -0.129. The molecular weight excluding hydrogens is 226 g/mol. The number of hydrogen-bond acceptors (Lipinski definition) is 3. The lowest BCUT2D eigenvalue weighted by Crippen LogP contribution is -2.37. The Bertz CT molecular complexity index is 474. The molecule has 0 aliphatic carbocycles. The first kappa shape index (κ1) is 14.0. The van der Waals surface area contributed by atoms with Gasteiger partial charge < -0.3 is 10.2 Å². The zero-order chi connectivity index (χ0) is 13.7. The molecule has 0 aliphatic heterocycles. The van der Waals surface area contributed by atoms with Crippen molar-refractivity contribution >= 4 is 11.6 Å². The Labute approximate surface area is 108 Å². The molecule has 4 heteroatoms. The molecule has 0 unspecified atom stereocenters. The van der Waals surface area contributed by atoms with E-state index >= 15 is 0 Å². The third-order valence-corrected chi connectivity index (χ3v) is 2.96. The van der Waals surface area contributed by atoms with Crippen LogP contribution in [0.3, 0.4) is 0 Å². The number of hydrogen-bond donors (Lipinski definition) is 1. The standard InChI is InChI=1S/C14H19N3O/c1-10(2)17(4)14(18)9-16-13-7-12(8-15)6-5-11(13)3/h5-7,10,16H,9H2,1-4H3. The summed E-state index contributed by atoms with van der Waals surface area (Å²) in [6.07, 6.45) is 0. The summed E-state index contributed by atoms with van der Waals surface area (Å²) in [6.45, 7) is 6.13. The smallest absolute Gasteiger partial charge is 0.241 e. The van der Waals surface area contributed by atoms with Gasteiger partial charge in [-0.15, -0.1) is 0 Å². The van der Waals surface area contributed by atoms with Crippen LogP contribution in [0.15, 0.2) is 18.2 Å². The number of anilines is 1. The van der Waals surface area contributed by atoms with E-state index in [1.165, 1.54) is 0 Å². The van der Waals surface area contributed by atoms with Crippen molar-refractivity contribution in [1.82, 2.24) is 4.90 Å². The lowest BCUT2D eigenvalue weighted by Gasteiger charge is -2.22. The summed E-state index contributed by atoms with van der Waals surface area (Å²) in [7, 11) is 1.78. The van der Waals surface area contributed by atoms with Gasteiger partial charge in [0.15, 0.2) is 0 Å². The van der Waals surface area contributed by atoms with Gasteiger partial charge in [-0.2, -0.15) is 5.26 Å². The van der Waals surface area contributed by atoms with Crippen molar-refractivity contribution in [2.45, 2.75) is 26.8 Å². The monoisotopic (exact) mass is 245 g/mol. The minimum absolute atomic E-state index is 0.0340. The van der Waals surface area contributed by atoms with Gasteiger partial charge in [-0.05, 0) is 38.5 Å². The van der Waals surface area contributed by atoms with Crippen molar-refractivity contribution in [3.63, 3.8) is 0 Å². The first-order valence-corrected chi connectivity index (χ1v) is 5.96. The molecule has 0 radical (unpaired) electrons. The summed E-state index contributed by atoms with van der Waals surface area (Å²) < 4.78 is 0. The van der Waals surface area contributed by atoms with E-state index in [9.17, 15) is 4.79 Å². The molecule has 0 heterocycles. The summed E-state index contributed by atoms with van der Waals surface area (Å²) in [5.74, 6) is 0.0340. The molecule has 0 fully saturated rings. The highest BCUT2D eigenvalue weighted by atomic mass is 16.2. The molecule has 18 heavy (non-hydrogen) atoms. The second kappa shape index (κ2) is 6.06. The number of nitriles is 1. The van der Waals surface area contributed by atoms with Crippen molar-refractivity contribution in [2.75, 3.05) is 18.9 Å². The van der Waals surface area contributed by atoms with Crippen LogP contribution in [-0.2, 0) is 4.79 Å². The lowest BCUT2D eigenvalue weighted by atomic mass is 10.1. The van der Waals surface area contributed by atoms with Crippen LogP contribution in [0.2, 0.25) is 0 Å². The number of carbonyl (C=O) groups is 1. The third-order valence-electron chi connectivity index (χ3n) is 2.96. The predicted molar refractivity (Wildman–Crippen MR) is 72.3 cm³/mol. The molecule has 0 saturated heterocycles. The van der Waals surface area contributed by atoms with Crippen molar-refractivity contribution in [3.05, 3.63) is 29.3 Å². The van der Waals surface area contributed by atoms with Crippen LogP contribution in [0, 0.1) is 18.3 Å². The molecule has 0 saturated carbocycles. The number of benzene rings is 1. The summed E-state index contributed by atoms with van der Waals surface area (Å²) in [4.78, 5) is 13.5. The number of aryl methyl sites for hydroxylation is 1. The van der Waals surface area contributed by atoms with Gasteiger partial charge in [0.1, 0.15) is 0 Å². The Kier molecular flexibility index (Phi) is 4.73. The number of amides is 1. The maximum absolute atomic E-state index is 11.8. The van der Waals surface area contributed by atoms with E-state index < -0.39 is 0 Å². The molecule has 0 aliphatic rings. The molecule has 96 valence electrons. The van der Waals surface area contributed by atoms with Gasteiger partial charge in [-0.25, -0.2) is 0 Å². The number of carbonyl (C=O) groups excluding carboxylic acids is 1. The molecule has 1 aromatic rings. The fraction of sp³-hybridized carbons (Fsp3) is 0.429. The molecule has 0 atom stereocenters. The van der Waals surface area contributed by atoms with Gasteiger partial charge in [-0.3, -0.25) is 4.79 Å². The largest absolute Gasteiger partial charge is 0.376 e. The van der Waals surface area contributed by atoms with E-state index in [0.717, 1.165) is 11.3 Å². The van der Waals surface area contributed by atoms with E-state index in [4.69, 9.17) is 5.26 Å². The molecule has 4 nitrogen and oxygen atoms in total. The Balaban J connectivity index is 2.69. The molecule has 0 aromatic heterocycles. The fourth-order valence-corrected chi connectivity index (χ4v) is 1.47. The summed E-state index contributed by atoms with van der Waals surface area (Å²) in [5, 5.41) is 11.9. The highest BCUT2D eigenvalue weighted by Gasteiger charge is 2.11. The first-order chi connectivity index (χ1) is 8.45. The van der Waals surface area contributed by atoms with Gasteiger partial charge in [0, 0.05) is 18.8 Å². The Hall–Kier alpha value is -2.02. The zero-order valence-corrected chi connectivity index (χ0v) is 11.3. The fourth-order valence-electron chi connectivity index (χ4n) is 1.47. The quantitative estimate of drug-likeness (QED) is 0.884. The van der Waals surface area contributed by atoms with Crippen LogP contribution in [0.4, 0.5) is 5.69 Å². The van der Waals surface area contributed by atoms with Crippen molar-refractivity contribution in [1.29, 1.82) is 5.26 Å². The van der Waals surface area contributed by atoms with E-state index in [-0.39, 0.29) is 18.5 Å². The molecule has 1 amide bonds. The molecule has 0 bridgehead atoms. The predicted octanol–water partition coefficient (Wildman–Crippen LogP) is 2.15. The second-order valence-electron chi connectivity index (χ2n) is 4.59. The molecule has 1 aromatic carbocycles. The molecule has 1 N–H and O–H groups in total. The van der Waals surface area contributed by atoms with E-state index in [1.807, 2.05) is 26.8 Å². The summed E-state index contributed by atoms with van der Waals surface area (Å²) >= 11 is 0. The zero-order valence-electron chi connectivity index (χ0n) is 11.3. The highest BCUT2D eigenvalue weighted by Crippen LogP contribution is 2.16. The van der Waals surface area contributed by atoms with E-state index in [1.54, 1.807) is 24.1 Å². The molecular formula is C14H19N3O. The highest BCUT2D eigenvalue weighted by molar-refractivity contribution is 5.81. The first-order valence-electron chi connectivity index (χ1n) is 5.96. The minimum Gasteiger partial charge on any atom is -0.376 e. The van der Waals surface area contributed by atoms with Crippen molar-refractivity contribution in [3.8, 4) is 6.07 Å². The Morgan fingerprint density at radius 1 is 1.50 bits per heavy atom. The van der Waals surface area contributed by atoms with Crippen LogP contribution in [-0.4, -0.2) is 30.4 Å². The van der Waals surface area contributed by atoms with Gasteiger partial charge in [0.25, 0.3) is 0 Å². The van der Waals surface area contributed by atoms with Crippen LogP contribution in [0.1, 0.15) is 25.0 Å². The van der Waals surface area contributed by atoms with Crippen molar-refractivity contribution in [2.24, 2.45) is 0 Å². The third kappa shape index (κ3) is 3.49. The second-order valence-corrected chi connectivity index (χ2v) is 4.59. The average molecular weight is 245 g/mol. The van der Waals surface area contributed by atoms with Crippen LogP contribution in [0.5, 0.6) is 0 Å². The topological polar surface area (TPSA) is 56.1 Å². The maximum Gasteiger partial charge on any atom is 0.241 e. The normalized spacial score (nSPS) is 10.0. The maximum atomic E-state index is 11.8. The number of likely N-dealkylation sites (N-methyl/N-ethyl adjacent to an activating group) is 1. The SMILES string of the molecule is Cc1ccc(C#N)cc1NCC(=O)N(C)C(C)C. The van der Waals surface area contributed by atoms with Gasteiger partial charge in [0.2, 0.25) is 5.91 Å². The van der Waals surface area contributed by atoms with E-state index in [0.29, 0.717) is 5.56 Å². The Morgan fingerprint density at radius 3 is 2.72 bits per heavy atom. The number of nitrogens with zero attached hydrogens (tertiary/aromatic N) is 2. The number of nitrogens with one attached hydrogen (secondary N) is 1. The summed E-state index contributed by atoms with van der Waals surface area (Å²) in [6, 6.07) is 7.67. The van der Waals surface area contributed by atoms with Gasteiger partial charge in [-0.1, -0.05) is 6.07 Å². The van der Waals surface area contributed by atoms with Gasteiger partial charge >= 0.3 is 0 Å². The van der Waals surface area contributed by atoms with Crippen LogP contribution in [0.25, 0.3) is 0 Å².